The summed E-state index contributed by atoms with van der Waals surface area (Å²) in [7, 11) is 0. The third-order valence-electron chi connectivity index (χ3n) is 4.06. The highest BCUT2D eigenvalue weighted by molar-refractivity contribution is 7.13. The van der Waals surface area contributed by atoms with Crippen LogP contribution in [0.4, 0.5) is 5.69 Å². The molecule has 0 N–H and O–H groups in total. The minimum atomic E-state index is -0.706. The standard InChI is InChI=1S/C21H19N5O3S/c1-14-9-15(2)11-16(10-14)26(8-3-5-22)18(27)12-29-21(28)17-13-30-20(25-17)19-23-6-4-7-24-19/h4,6-7,9-11,13H,3,8,12H2,1-2H3. The molecule has 9 heteroatoms. The second-order valence-corrected chi connectivity index (χ2v) is 7.34. The fraction of sp³-hybridized carbons (Fsp3) is 0.238. The maximum atomic E-state index is 12.7. The molecule has 1 amide bonds. The van der Waals surface area contributed by atoms with Crippen LogP contribution in [0, 0.1) is 25.2 Å². The van der Waals surface area contributed by atoms with Crippen LogP contribution in [0.25, 0.3) is 10.8 Å². The lowest BCUT2D eigenvalue weighted by molar-refractivity contribution is -0.121. The van der Waals surface area contributed by atoms with Crippen LogP contribution in [0.15, 0.2) is 42.0 Å². The molecule has 3 rings (SSSR count). The number of carbonyl (C=O) groups is 2. The van der Waals surface area contributed by atoms with E-state index < -0.39 is 18.5 Å². The molecule has 3 aromatic rings. The monoisotopic (exact) mass is 421 g/mol. The van der Waals surface area contributed by atoms with Crippen molar-refractivity contribution < 1.29 is 14.3 Å². The number of benzene rings is 1. The van der Waals surface area contributed by atoms with Crippen LogP contribution in [0.1, 0.15) is 28.0 Å². The van der Waals surface area contributed by atoms with Crippen LogP contribution in [0.5, 0.6) is 0 Å². The highest BCUT2D eigenvalue weighted by atomic mass is 32.1. The maximum Gasteiger partial charge on any atom is 0.358 e. The number of hydrogen-bond donors (Lipinski definition) is 0. The first-order chi connectivity index (χ1) is 14.5. The van der Waals surface area contributed by atoms with Crippen molar-refractivity contribution in [1.29, 1.82) is 5.26 Å². The zero-order valence-corrected chi connectivity index (χ0v) is 17.3. The van der Waals surface area contributed by atoms with Crippen molar-refractivity contribution in [3.63, 3.8) is 0 Å². The van der Waals surface area contributed by atoms with Gasteiger partial charge in [0.05, 0.1) is 12.5 Å². The first-order valence-corrected chi connectivity index (χ1v) is 10.0. The molecule has 0 fully saturated rings. The van der Waals surface area contributed by atoms with E-state index in [0.717, 1.165) is 11.1 Å². The highest BCUT2D eigenvalue weighted by Crippen LogP contribution is 2.21. The smallest absolute Gasteiger partial charge is 0.358 e. The third kappa shape index (κ3) is 5.24. The molecule has 2 heterocycles. The van der Waals surface area contributed by atoms with Crippen molar-refractivity contribution >= 4 is 28.9 Å². The Morgan fingerprint density at radius 3 is 2.53 bits per heavy atom. The van der Waals surface area contributed by atoms with E-state index in [1.807, 2.05) is 38.1 Å². The Kier molecular flexibility index (Phi) is 6.83. The lowest BCUT2D eigenvalue weighted by Gasteiger charge is -2.22. The summed E-state index contributed by atoms with van der Waals surface area (Å²) in [6, 6.07) is 9.43. The molecule has 0 aliphatic carbocycles. The zero-order valence-electron chi connectivity index (χ0n) is 16.5. The van der Waals surface area contributed by atoms with Crippen molar-refractivity contribution in [3.8, 4) is 16.9 Å². The molecule has 0 spiro atoms. The zero-order chi connectivity index (χ0) is 21.5. The van der Waals surface area contributed by atoms with E-state index in [4.69, 9.17) is 10.00 Å². The number of aryl methyl sites for hydroxylation is 2. The molecule has 0 aliphatic heterocycles. The van der Waals surface area contributed by atoms with Crippen molar-refractivity contribution in [2.24, 2.45) is 0 Å². The van der Waals surface area contributed by atoms with Crippen LogP contribution >= 0.6 is 11.3 Å². The molecule has 0 saturated heterocycles. The van der Waals surface area contributed by atoms with E-state index in [0.29, 0.717) is 16.5 Å². The summed E-state index contributed by atoms with van der Waals surface area (Å²) in [5.74, 6) is -0.706. The Morgan fingerprint density at radius 1 is 1.17 bits per heavy atom. The van der Waals surface area contributed by atoms with Gasteiger partial charge in [0.25, 0.3) is 5.91 Å². The van der Waals surface area contributed by atoms with E-state index in [-0.39, 0.29) is 18.7 Å². The second kappa shape index (κ2) is 9.71. The number of carbonyl (C=O) groups excluding carboxylic acids is 2. The first-order valence-electron chi connectivity index (χ1n) is 9.13. The molecule has 2 aromatic heterocycles. The van der Waals surface area contributed by atoms with E-state index >= 15 is 0 Å². The highest BCUT2D eigenvalue weighted by Gasteiger charge is 2.20. The van der Waals surface area contributed by atoms with Gasteiger partial charge in [-0.2, -0.15) is 5.26 Å². The van der Waals surface area contributed by atoms with Gasteiger partial charge in [0.1, 0.15) is 0 Å². The van der Waals surface area contributed by atoms with Gasteiger partial charge in [-0.15, -0.1) is 11.3 Å². The second-order valence-electron chi connectivity index (χ2n) is 6.49. The number of thiazole rings is 1. The van der Waals surface area contributed by atoms with E-state index in [1.54, 1.807) is 18.5 Å². The molecule has 152 valence electrons. The molecule has 0 atom stereocenters. The fourth-order valence-corrected chi connectivity index (χ4v) is 3.56. The molecule has 8 nitrogen and oxygen atoms in total. The van der Waals surface area contributed by atoms with Gasteiger partial charge in [-0.3, -0.25) is 4.79 Å². The van der Waals surface area contributed by atoms with Crippen LogP contribution in [0.3, 0.4) is 0 Å². The number of esters is 1. The van der Waals surface area contributed by atoms with Gasteiger partial charge in [-0.25, -0.2) is 19.7 Å². The normalized spacial score (nSPS) is 10.3. The number of ether oxygens (including phenoxy) is 1. The Balaban J connectivity index is 1.68. The quantitative estimate of drug-likeness (QED) is 0.538. The Hall–Kier alpha value is -3.64. The molecule has 0 saturated carbocycles. The van der Waals surface area contributed by atoms with E-state index in [2.05, 4.69) is 15.0 Å². The number of anilines is 1. The predicted octanol–water partition coefficient (Wildman–Crippen LogP) is 3.32. The molecule has 0 bridgehead atoms. The average molecular weight is 421 g/mol. The Morgan fingerprint density at radius 2 is 1.87 bits per heavy atom. The summed E-state index contributed by atoms with van der Waals surface area (Å²) in [6.45, 7) is 3.62. The van der Waals surface area contributed by atoms with Gasteiger partial charge < -0.3 is 9.64 Å². The maximum absolute atomic E-state index is 12.7. The number of nitriles is 1. The van der Waals surface area contributed by atoms with E-state index in [1.165, 1.54) is 21.6 Å². The van der Waals surface area contributed by atoms with Crippen LogP contribution in [-0.2, 0) is 9.53 Å². The predicted molar refractivity (Wildman–Crippen MR) is 112 cm³/mol. The summed E-state index contributed by atoms with van der Waals surface area (Å²) in [4.78, 5) is 38.9. The topological polar surface area (TPSA) is 109 Å². The van der Waals surface area contributed by atoms with Crippen molar-refractivity contribution in [3.05, 3.63) is 58.9 Å². The summed E-state index contributed by atoms with van der Waals surface area (Å²) in [6.07, 6.45) is 3.34. The molecule has 30 heavy (non-hydrogen) atoms. The molecule has 0 unspecified atom stereocenters. The first kappa shape index (κ1) is 21.1. The molecular formula is C21H19N5O3S. The molecule has 0 aliphatic rings. The van der Waals surface area contributed by atoms with Gasteiger partial charge in [0, 0.05) is 30.0 Å². The molecule has 1 aromatic carbocycles. The Labute approximate surface area is 177 Å². The number of aromatic nitrogens is 3. The molecular weight excluding hydrogens is 402 g/mol. The number of amides is 1. The SMILES string of the molecule is Cc1cc(C)cc(N(CCC#N)C(=O)COC(=O)c2csc(-c3ncccn3)n2)c1. The van der Waals surface area contributed by atoms with Crippen LogP contribution < -0.4 is 4.90 Å². The summed E-state index contributed by atoms with van der Waals surface area (Å²) in [5.41, 5.74) is 2.75. The summed E-state index contributed by atoms with van der Waals surface area (Å²) >= 11 is 1.21. The lowest BCUT2D eigenvalue weighted by atomic mass is 10.1. The summed E-state index contributed by atoms with van der Waals surface area (Å²) < 4.78 is 5.17. The third-order valence-corrected chi connectivity index (χ3v) is 4.90. The van der Waals surface area contributed by atoms with Crippen LogP contribution in [-0.4, -0.2) is 40.0 Å². The van der Waals surface area contributed by atoms with E-state index in [9.17, 15) is 9.59 Å². The Bertz CT molecular complexity index is 1070. The van der Waals surface area contributed by atoms with Crippen LogP contribution in [0.2, 0.25) is 0 Å². The van der Waals surface area contributed by atoms with Gasteiger partial charge in [-0.1, -0.05) is 6.07 Å². The largest absolute Gasteiger partial charge is 0.451 e. The minimum absolute atomic E-state index is 0.0882. The van der Waals surface area contributed by atoms with Crippen molar-refractivity contribution in [2.75, 3.05) is 18.1 Å². The number of nitrogens with zero attached hydrogens (tertiary/aromatic N) is 5. The summed E-state index contributed by atoms with van der Waals surface area (Å²) in [5, 5.41) is 10.9. The lowest BCUT2D eigenvalue weighted by Crippen LogP contribution is -2.35. The average Bonchev–Trinajstić information content (AvgIpc) is 3.23. The fourth-order valence-electron chi connectivity index (χ4n) is 2.82. The van der Waals surface area contributed by atoms with Crippen molar-refractivity contribution in [2.45, 2.75) is 20.3 Å². The van der Waals surface area contributed by atoms with Gasteiger partial charge in [-0.05, 0) is 43.2 Å². The van der Waals surface area contributed by atoms with Crippen molar-refractivity contribution in [1.82, 2.24) is 15.0 Å². The minimum Gasteiger partial charge on any atom is -0.451 e. The number of rotatable bonds is 7. The van der Waals surface area contributed by atoms with Gasteiger partial charge in [0.2, 0.25) is 0 Å². The number of hydrogen-bond acceptors (Lipinski definition) is 8. The van der Waals surface area contributed by atoms with Gasteiger partial charge >= 0.3 is 5.97 Å². The molecule has 0 radical (unpaired) electrons. The van der Waals surface area contributed by atoms with Gasteiger partial charge in [0.15, 0.2) is 23.1 Å².